The lowest BCUT2D eigenvalue weighted by atomic mass is 10.3. The number of para-hydroxylation sites is 2. The fourth-order valence-electron chi connectivity index (χ4n) is 1.21. The molecule has 0 bridgehead atoms. The van der Waals surface area contributed by atoms with E-state index in [1.807, 2.05) is 30.5 Å². The minimum atomic E-state index is -0.0811. The first-order chi connectivity index (χ1) is 5.83. The summed E-state index contributed by atoms with van der Waals surface area (Å²) in [7, 11) is 0. The summed E-state index contributed by atoms with van der Waals surface area (Å²) >= 11 is 1.58. The fraction of sp³-hybridized carbons (Fsp3) is 0.250. The number of hydrazine groups is 1. The molecule has 2 rings (SSSR count). The van der Waals surface area contributed by atoms with Crippen LogP contribution in [0, 0.1) is 0 Å². The number of nitrogens with zero attached hydrogens (tertiary/aromatic N) is 1. The zero-order valence-electron chi connectivity index (χ0n) is 6.73. The maximum atomic E-state index is 5.79. The van der Waals surface area contributed by atoms with Crippen molar-refractivity contribution in [3.8, 4) is 5.75 Å². The molecule has 0 saturated carbocycles. The van der Waals surface area contributed by atoms with Gasteiger partial charge in [-0.15, -0.1) is 0 Å². The summed E-state index contributed by atoms with van der Waals surface area (Å²) in [6.45, 7) is 0. The molecule has 64 valence electrons. The molecule has 2 N–H and O–H groups in total. The molecule has 1 atom stereocenters. The average Bonchev–Trinajstić information content (AvgIpc) is 2.44. The van der Waals surface area contributed by atoms with Gasteiger partial charge in [-0.1, -0.05) is 23.9 Å². The minimum Gasteiger partial charge on any atom is -0.458 e. The lowest BCUT2D eigenvalue weighted by Gasteiger charge is -2.16. The molecule has 4 heteroatoms. The van der Waals surface area contributed by atoms with Crippen LogP contribution in [0.15, 0.2) is 24.3 Å². The van der Waals surface area contributed by atoms with Crippen LogP contribution in [0.5, 0.6) is 5.75 Å². The molecule has 12 heavy (non-hydrogen) atoms. The van der Waals surface area contributed by atoms with Crippen molar-refractivity contribution in [1.82, 2.24) is 0 Å². The Balaban J connectivity index is 2.35. The molecule has 0 fully saturated rings. The molecule has 1 aliphatic heterocycles. The normalized spacial score (nSPS) is 20.5. The van der Waals surface area contributed by atoms with Crippen molar-refractivity contribution in [2.75, 3.05) is 11.3 Å². The Bertz CT molecular complexity index is 292. The van der Waals surface area contributed by atoms with Crippen LogP contribution in [0.4, 0.5) is 5.69 Å². The van der Waals surface area contributed by atoms with Gasteiger partial charge in [0.05, 0.1) is 5.69 Å². The number of thioether (sulfide) groups is 1. The summed E-state index contributed by atoms with van der Waals surface area (Å²) in [5, 5.41) is 1.64. The third-order valence-electron chi connectivity index (χ3n) is 1.80. The van der Waals surface area contributed by atoms with E-state index in [1.54, 1.807) is 16.8 Å². The van der Waals surface area contributed by atoms with Crippen molar-refractivity contribution >= 4 is 17.4 Å². The minimum absolute atomic E-state index is 0.0811. The molecular formula is C8H10N2OS. The van der Waals surface area contributed by atoms with Gasteiger partial charge in [0.1, 0.15) is 5.75 Å². The topological polar surface area (TPSA) is 38.5 Å². The number of fused-ring (bicyclic) bond motifs is 1. The van der Waals surface area contributed by atoms with Gasteiger partial charge in [-0.25, -0.2) is 5.84 Å². The molecule has 0 amide bonds. The Morgan fingerprint density at radius 2 is 2.25 bits per heavy atom. The number of ether oxygens (including phenoxy) is 1. The highest BCUT2D eigenvalue weighted by atomic mass is 32.2. The van der Waals surface area contributed by atoms with E-state index >= 15 is 0 Å². The van der Waals surface area contributed by atoms with Gasteiger partial charge in [0.15, 0.2) is 0 Å². The average molecular weight is 182 g/mol. The van der Waals surface area contributed by atoms with Crippen LogP contribution >= 0.6 is 11.8 Å². The lowest BCUT2D eigenvalue weighted by Crippen LogP contribution is -2.37. The van der Waals surface area contributed by atoms with Crippen LogP contribution in [0.2, 0.25) is 0 Å². The first kappa shape index (κ1) is 7.76. The summed E-state index contributed by atoms with van der Waals surface area (Å²) in [5.41, 5.74) is 0.874. The smallest absolute Gasteiger partial charge is 0.234 e. The van der Waals surface area contributed by atoms with E-state index < -0.39 is 0 Å². The van der Waals surface area contributed by atoms with Crippen LogP contribution in [0.1, 0.15) is 0 Å². The van der Waals surface area contributed by atoms with Crippen molar-refractivity contribution in [2.24, 2.45) is 5.84 Å². The second-order valence-corrected chi connectivity index (χ2v) is 3.41. The molecule has 1 unspecified atom stereocenters. The molecule has 3 nitrogen and oxygen atoms in total. The second kappa shape index (κ2) is 2.88. The zero-order chi connectivity index (χ0) is 8.55. The number of hydrogen-bond acceptors (Lipinski definition) is 4. The Hall–Kier alpha value is -0.870. The van der Waals surface area contributed by atoms with Crippen molar-refractivity contribution in [3.05, 3.63) is 24.3 Å². The molecule has 0 aliphatic carbocycles. The third-order valence-corrected chi connectivity index (χ3v) is 2.53. The summed E-state index contributed by atoms with van der Waals surface area (Å²) in [4.78, 5) is 0. The van der Waals surface area contributed by atoms with Crippen LogP contribution < -0.4 is 15.6 Å². The van der Waals surface area contributed by atoms with Crippen LogP contribution in [-0.2, 0) is 0 Å². The monoisotopic (exact) mass is 182 g/mol. The highest BCUT2D eigenvalue weighted by Gasteiger charge is 2.26. The van der Waals surface area contributed by atoms with E-state index in [9.17, 15) is 0 Å². The van der Waals surface area contributed by atoms with Gasteiger partial charge in [-0.05, 0) is 18.4 Å². The SMILES string of the molecule is CSC1Oc2ccccc2N1N. The summed E-state index contributed by atoms with van der Waals surface area (Å²) < 4.78 is 5.53. The maximum absolute atomic E-state index is 5.79. The largest absolute Gasteiger partial charge is 0.458 e. The van der Waals surface area contributed by atoms with E-state index in [1.165, 1.54) is 0 Å². The van der Waals surface area contributed by atoms with Gasteiger partial charge in [0.25, 0.3) is 0 Å². The fourth-order valence-corrected chi connectivity index (χ4v) is 1.75. The molecule has 1 aliphatic rings. The molecule has 0 saturated heterocycles. The number of anilines is 1. The van der Waals surface area contributed by atoms with E-state index in [0.717, 1.165) is 11.4 Å². The Morgan fingerprint density at radius 3 is 2.92 bits per heavy atom. The molecule has 1 aromatic carbocycles. The Morgan fingerprint density at radius 1 is 1.50 bits per heavy atom. The highest BCUT2D eigenvalue weighted by Crippen LogP contribution is 2.37. The van der Waals surface area contributed by atoms with Crippen LogP contribution in [-0.4, -0.2) is 11.8 Å². The van der Waals surface area contributed by atoms with Crippen molar-refractivity contribution in [1.29, 1.82) is 0 Å². The van der Waals surface area contributed by atoms with Crippen LogP contribution in [0.3, 0.4) is 0 Å². The molecule has 0 radical (unpaired) electrons. The van der Waals surface area contributed by atoms with Crippen molar-refractivity contribution in [2.45, 2.75) is 5.56 Å². The number of hydrogen-bond donors (Lipinski definition) is 1. The van der Waals surface area contributed by atoms with Crippen LogP contribution in [0.25, 0.3) is 0 Å². The quantitative estimate of drug-likeness (QED) is 0.666. The van der Waals surface area contributed by atoms with E-state index in [0.29, 0.717) is 0 Å². The van der Waals surface area contributed by atoms with E-state index in [2.05, 4.69) is 0 Å². The number of nitrogens with two attached hydrogens (primary N) is 1. The summed E-state index contributed by atoms with van der Waals surface area (Å²) in [5.74, 6) is 6.65. The van der Waals surface area contributed by atoms with Gasteiger partial charge in [0, 0.05) is 0 Å². The van der Waals surface area contributed by atoms with Gasteiger partial charge in [-0.2, -0.15) is 0 Å². The van der Waals surface area contributed by atoms with Crippen molar-refractivity contribution in [3.63, 3.8) is 0 Å². The molecular weight excluding hydrogens is 172 g/mol. The van der Waals surface area contributed by atoms with E-state index in [-0.39, 0.29) is 5.56 Å². The second-order valence-electron chi connectivity index (χ2n) is 2.54. The molecule has 1 heterocycles. The Kier molecular flexibility index (Phi) is 1.86. The maximum Gasteiger partial charge on any atom is 0.234 e. The first-order valence-corrected chi connectivity index (χ1v) is 4.94. The predicted octanol–water partition coefficient (Wildman–Crippen LogP) is 1.41. The van der Waals surface area contributed by atoms with Gasteiger partial charge >= 0.3 is 0 Å². The van der Waals surface area contributed by atoms with Gasteiger partial charge in [0.2, 0.25) is 5.56 Å². The first-order valence-electron chi connectivity index (χ1n) is 3.65. The predicted molar refractivity (Wildman–Crippen MR) is 51.0 cm³/mol. The molecule has 0 aromatic heterocycles. The van der Waals surface area contributed by atoms with Gasteiger partial charge < -0.3 is 4.74 Å². The van der Waals surface area contributed by atoms with Gasteiger partial charge in [-0.3, -0.25) is 5.01 Å². The van der Waals surface area contributed by atoms with Crippen molar-refractivity contribution < 1.29 is 4.74 Å². The summed E-state index contributed by atoms with van der Waals surface area (Å²) in [6.07, 6.45) is 1.97. The number of rotatable bonds is 1. The third kappa shape index (κ3) is 1.04. The van der Waals surface area contributed by atoms with E-state index in [4.69, 9.17) is 10.6 Å². The molecule has 1 aromatic rings. The standard InChI is InChI=1S/C8H10N2OS/c1-12-8-10(9)6-4-2-3-5-7(6)11-8/h2-5,8H,9H2,1H3. The molecule has 0 spiro atoms. The highest BCUT2D eigenvalue weighted by molar-refractivity contribution is 7.99. The zero-order valence-corrected chi connectivity index (χ0v) is 7.54. The number of benzene rings is 1. The Labute approximate surface area is 75.5 Å². The summed E-state index contributed by atoms with van der Waals surface area (Å²) in [6, 6.07) is 7.76. The lowest BCUT2D eigenvalue weighted by molar-refractivity contribution is 0.314.